The Labute approximate surface area is 218 Å². The van der Waals surface area contributed by atoms with E-state index in [1.165, 1.54) is 0 Å². The fraction of sp³-hybridized carbons (Fsp3) is 0.448. The van der Waals surface area contributed by atoms with Crippen LogP contribution in [0, 0.1) is 0 Å². The van der Waals surface area contributed by atoms with Gasteiger partial charge in [-0.2, -0.15) is 0 Å². The number of ether oxygens (including phenoxy) is 3. The highest BCUT2D eigenvalue weighted by atomic mass is 16.6. The molecule has 8 heteroatoms. The van der Waals surface area contributed by atoms with Gasteiger partial charge in [0.05, 0.1) is 18.2 Å². The number of Topliss-reactive ketones (excluding diaryl/α,β-unsaturated/α-hetero) is 1. The summed E-state index contributed by atoms with van der Waals surface area (Å²) in [7, 11) is 0. The van der Waals surface area contributed by atoms with E-state index in [9.17, 15) is 14.7 Å². The third kappa shape index (κ3) is 5.74. The number of aliphatic hydroxyl groups is 1. The lowest BCUT2D eigenvalue weighted by Gasteiger charge is -2.28. The number of aliphatic hydroxyl groups excluding tert-OH is 1. The number of ketones is 1. The average molecular weight is 509 g/mol. The van der Waals surface area contributed by atoms with E-state index in [1.807, 2.05) is 24.3 Å². The molecule has 0 spiro atoms. The number of hydrogen-bond donors (Lipinski definition) is 1. The zero-order valence-electron chi connectivity index (χ0n) is 21.9. The van der Waals surface area contributed by atoms with E-state index in [1.54, 1.807) is 23.1 Å². The molecular weight excluding hydrogens is 472 g/mol. The second kappa shape index (κ2) is 12.1. The number of amides is 1. The van der Waals surface area contributed by atoms with Gasteiger partial charge in [0.1, 0.15) is 24.7 Å². The molecule has 0 aliphatic carbocycles. The van der Waals surface area contributed by atoms with Crippen LogP contribution >= 0.6 is 0 Å². The molecule has 37 heavy (non-hydrogen) atoms. The molecule has 1 N–H and O–H groups in total. The van der Waals surface area contributed by atoms with E-state index < -0.39 is 17.7 Å². The van der Waals surface area contributed by atoms with E-state index in [-0.39, 0.29) is 11.3 Å². The highest BCUT2D eigenvalue weighted by Gasteiger charge is 2.46. The predicted octanol–water partition coefficient (Wildman–Crippen LogP) is 4.40. The lowest BCUT2D eigenvalue weighted by atomic mass is 9.95. The van der Waals surface area contributed by atoms with Crippen molar-refractivity contribution < 1.29 is 28.9 Å². The molecule has 0 saturated carbocycles. The topological polar surface area (TPSA) is 88.5 Å². The molecule has 198 valence electrons. The Kier molecular flexibility index (Phi) is 8.71. The molecule has 2 heterocycles. The molecule has 1 fully saturated rings. The smallest absolute Gasteiger partial charge is 0.295 e. The molecule has 8 nitrogen and oxygen atoms in total. The number of fused-ring (bicyclic) bond motifs is 1. The van der Waals surface area contributed by atoms with Crippen molar-refractivity contribution >= 4 is 17.4 Å². The molecule has 0 radical (unpaired) electrons. The fourth-order valence-corrected chi connectivity index (χ4v) is 4.70. The van der Waals surface area contributed by atoms with E-state index >= 15 is 0 Å². The van der Waals surface area contributed by atoms with Crippen molar-refractivity contribution in [3.8, 4) is 17.2 Å². The minimum atomic E-state index is -0.738. The molecule has 2 aromatic rings. The Morgan fingerprint density at radius 1 is 1.05 bits per heavy atom. The SMILES string of the molecule is CCCCOc1cccc([C@H]2C(=C(O)c3ccc4c(c3)OCCO4)C(=O)C(=O)N2CCN(CC)CC)c1. The van der Waals surface area contributed by atoms with Gasteiger partial charge in [-0.05, 0) is 55.4 Å². The molecule has 0 unspecified atom stereocenters. The summed E-state index contributed by atoms with van der Waals surface area (Å²) >= 11 is 0. The zero-order chi connectivity index (χ0) is 26.4. The van der Waals surface area contributed by atoms with Gasteiger partial charge in [-0.25, -0.2) is 0 Å². The molecule has 0 bridgehead atoms. The summed E-state index contributed by atoms with van der Waals surface area (Å²) in [6, 6.07) is 11.7. The van der Waals surface area contributed by atoms with Crippen LogP contribution < -0.4 is 14.2 Å². The Morgan fingerprint density at radius 3 is 2.54 bits per heavy atom. The van der Waals surface area contributed by atoms with Gasteiger partial charge in [-0.15, -0.1) is 0 Å². The zero-order valence-corrected chi connectivity index (χ0v) is 21.9. The van der Waals surface area contributed by atoms with Crippen LogP contribution in [0.1, 0.15) is 50.8 Å². The average Bonchev–Trinajstić information content (AvgIpc) is 3.18. The number of nitrogens with zero attached hydrogens (tertiary/aromatic N) is 2. The van der Waals surface area contributed by atoms with E-state index in [4.69, 9.17) is 14.2 Å². The van der Waals surface area contributed by atoms with E-state index in [0.717, 1.165) is 25.9 Å². The van der Waals surface area contributed by atoms with Crippen LogP contribution in [-0.2, 0) is 9.59 Å². The lowest BCUT2D eigenvalue weighted by molar-refractivity contribution is -0.140. The first-order valence-electron chi connectivity index (χ1n) is 13.1. The highest BCUT2D eigenvalue weighted by molar-refractivity contribution is 6.46. The molecule has 1 atom stereocenters. The predicted molar refractivity (Wildman–Crippen MR) is 141 cm³/mol. The van der Waals surface area contributed by atoms with Gasteiger partial charge in [0, 0.05) is 18.7 Å². The Bertz CT molecular complexity index is 1160. The third-order valence-electron chi connectivity index (χ3n) is 6.85. The van der Waals surface area contributed by atoms with Gasteiger partial charge in [-0.3, -0.25) is 9.59 Å². The van der Waals surface area contributed by atoms with Crippen LogP contribution in [-0.4, -0.2) is 72.6 Å². The summed E-state index contributed by atoms with van der Waals surface area (Å²) in [5.74, 6) is 0.190. The van der Waals surface area contributed by atoms with Gasteiger partial charge in [-0.1, -0.05) is 39.3 Å². The summed E-state index contributed by atoms with van der Waals surface area (Å²) in [6.45, 7) is 10.3. The van der Waals surface area contributed by atoms with Crippen molar-refractivity contribution in [3.05, 3.63) is 59.2 Å². The fourth-order valence-electron chi connectivity index (χ4n) is 4.70. The molecule has 4 rings (SSSR count). The molecule has 1 amide bonds. The van der Waals surface area contributed by atoms with Crippen LogP contribution in [0.15, 0.2) is 48.0 Å². The molecule has 2 aromatic carbocycles. The minimum Gasteiger partial charge on any atom is -0.507 e. The number of unbranched alkanes of at least 4 members (excludes halogenated alkanes) is 1. The summed E-state index contributed by atoms with van der Waals surface area (Å²) < 4.78 is 17.2. The maximum atomic E-state index is 13.4. The first-order valence-corrected chi connectivity index (χ1v) is 13.1. The van der Waals surface area contributed by atoms with Crippen LogP contribution in [0.5, 0.6) is 17.2 Å². The molecule has 2 aliphatic rings. The molecule has 2 aliphatic heterocycles. The summed E-state index contributed by atoms with van der Waals surface area (Å²) in [6.07, 6.45) is 1.94. The van der Waals surface area contributed by atoms with Crippen LogP contribution in [0.4, 0.5) is 0 Å². The number of benzene rings is 2. The van der Waals surface area contributed by atoms with Crippen molar-refractivity contribution in [2.24, 2.45) is 0 Å². The second-order valence-electron chi connectivity index (χ2n) is 9.15. The van der Waals surface area contributed by atoms with Gasteiger partial charge in [0.15, 0.2) is 11.5 Å². The van der Waals surface area contributed by atoms with Crippen molar-refractivity contribution in [2.75, 3.05) is 46.0 Å². The summed E-state index contributed by atoms with van der Waals surface area (Å²) in [5.41, 5.74) is 1.17. The molecular formula is C29H36N2O6. The Hall–Kier alpha value is -3.52. The van der Waals surface area contributed by atoms with Crippen LogP contribution in [0.3, 0.4) is 0 Å². The first-order chi connectivity index (χ1) is 18.0. The van der Waals surface area contributed by atoms with Crippen LogP contribution in [0.2, 0.25) is 0 Å². The van der Waals surface area contributed by atoms with Gasteiger partial charge in [0.2, 0.25) is 0 Å². The second-order valence-corrected chi connectivity index (χ2v) is 9.15. The third-order valence-corrected chi connectivity index (χ3v) is 6.85. The number of likely N-dealkylation sites (tertiary alicyclic amines) is 1. The number of rotatable bonds is 11. The van der Waals surface area contributed by atoms with Gasteiger partial charge < -0.3 is 29.1 Å². The van der Waals surface area contributed by atoms with Gasteiger partial charge >= 0.3 is 0 Å². The minimum absolute atomic E-state index is 0.0620. The maximum Gasteiger partial charge on any atom is 0.295 e. The standard InChI is InChI=1S/C29H36N2O6/c1-4-7-15-35-22-10-8-9-20(18-22)26-25(28(33)29(34)31(26)14-13-30(5-2)6-3)27(32)21-11-12-23-24(19-21)37-17-16-36-23/h8-12,18-19,26,32H,4-7,13-17H2,1-3H3/t26-/m0/s1. The lowest BCUT2D eigenvalue weighted by Crippen LogP contribution is -2.38. The largest absolute Gasteiger partial charge is 0.507 e. The number of likely N-dealkylation sites (N-methyl/N-ethyl adjacent to an activating group) is 1. The van der Waals surface area contributed by atoms with E-state index in [0.29, 0.717) is 61.3 Å². The number of carbonyl (C=O) groups excluding carboxylic acids is 2. The number of hydrogen-bond acceptors (Lipinski definition) is 7. The molecule has 0 aromatic heterocycles. The highest BCUT2D eigenvalue weighted by Crippen LogP contribution is 2.41. The Balaban J connectivity index is 1.76. The van der Waals surface area contributed by atoms with Crippen molar-refractivity contribution in [2.45, 2.75) is 39.7 Å². The normalized spacial score (nSPS) is 18.5. The van der Waals surface area contributed by atoms with Crippen molar-refractivity contribution in [3.63, 3.8) is 0 Å². The van der Waals surface area contributed by atoms with E-state index in [2.05, 4.69) is 25.7 Å². The monoisotopic (exact) mass is 508 g/mol. The summed E-state index contributed by atoms with van der Waals surface area (Å²) in [5, 5.41) is 11.4. The summed E-state index contributed by atoms with van der Waals surface area (Å²) in [4.78, 5) is 30.4. The van der Waals surface area contributed by atoms with Gasteiger partial charge in [0.25, 0.3) is 11.7 Å². The Morgan fingerprint density at radius 2 is 1.81 bits per heavy atom. The first kappa shape index (κ1) is 26.5. The molecule has 1 saturated heterocycles. The van der Waals surface area contributed by atoms with Crippen LogP contribution in [0.25, 0.3) is 5.76 Å². The van der Waals surface area contributed by atoms with Crippen molar-refractivity contribution in [1.82, 2.24) is 9.80 Å². The van der Waals surface area contributed by atoms with Crippen molar-refractivity contribution in [1.29, 1.82) is 0 Å². The maximum absolute atomic E-state index is 13.4. The number of carbonyl (C=O) groups is 2. The quantitative estimate of drug-likeness (QED) is 0.208.